The lowest BCUT2D eigenvalue weighted by Gasteiger charge is -2.08. The number of allylic oxidation sites excluding steroid dienone is 10. The Balaban J connectivity index is 1.69. The van der Waals surface area contributed by atoms with Crippen LogP contribution in [0.5, 0.6) is 0 Å². The minimum Gasteiger partial charge on any atom is -0.405 e. The molecular formula is C35H35N. The van der Waals surface area contributed by atoms with Crippen LogP contribution in [0.3, 0.4) is 0 Å². The Morgan fingerprint density at radius 3 is 2.03 bits per heavy atom. The van der Waals surface area contributed by atoms with Gasteiger partial charge in [-0.15, -0.1) is 0 Å². The maximum absolute atomic E-state index is 5.36. The zero-order chi connectivity index (χ0) is 25.8. The van der Waals surface area contributed by atoms with Crippen LogP contribution < -0.4 is 5.73 Å². The van der Waals surface area contributed by atoms with Crippen molar-refractivity contribution in [3.05, 3.63) is 163 Å². The van der Waals surface area contributed by atoms with Crippen LogP contribution in [-0.2, 0) is 0 Å². The molecule has 1 nitrogen and oxygen atoms in total. The number of aryl methyl sites for hydroxylation is 1. The summed E-state index contributed by atoms with van der Waals surface area (Å²) in [5, 5.41) is 0. The number of hydrogen-bond donors (Lipinski definition) is 1. The quantitative estimate of drug-likeness (QED) is 0.294. The Kier molecular flexibility index (Phi) is 9.85. The summed E-state index contributed by atoms with van der Waals surface area (Å²) in [6.45, 7) is 12.6. The monoisotopic (exact) mass is 469 g/mol. The summed E-state index contributed by atoms with van der Waals surface area (Å²) < 4.78 is 0. The Bertz CT molecular complexity index is 1330. The maximum atomic E-state index is 5.36. The third-order valence-electron chi connectivity index (χ3n) is 6.06. The van der Waals surface area contributed by atoms with E-state index in [0.29, 0.717) is 0 Å². The average Bonchev–Trinajstić information content (AvgIpc) is 2.92. The molecule has 0 fully saturated rings. The molecule has 0 atom stereocenters. The molecule has 0 aliphatic heterocycles. The lowest BCUT2D eigenvalue weighted by molar-refractivity contribution is 1.27. The van der Waals surface area contributed by atoms with E-state index in [9.17, 15) is 0 Å². The summed E-state index contributed by atoms with van der Waals surface area (Å²) in [5.41, 5.74) is 15.6. The SMILES string of the molecule is C=C(/C=C\C(=C/C)C/C=C\C=C/N)C(=C)/C=C\c1cc(-c2ccc(-c3ccccc3)cc2)ccc1C. The lowest BCUT2D eigenvalue weighted by Crippen LogP contribution is -1.86. The van der Waals surface area contributed by atoms with Gasteiger partial charge in [0.15, 0.2) is 0 Å². The first-order valence-electron chi connectivity index (χ1n) is 12.2. The summed E-state index contributed by atoms with van der Waals surface area (Å²) in [7, 11) is 0. The molecule has 0 aliphatic rings. The van der Waals surface area contributed by atoms with Crippen molar-refractivity contribution in [2.75, 3.05) is 0 Å². The van der Waals surface area contributed by atoms with E-state index in [1.54, 1.807) is 0 Å². The van der Waals surface area contributed by atoms with Crippen molar-refractivity contribution < 1.29 is 0 Å². The third kappa shape index (κ3) is 7.58. The molecule has 0 heterocycles. The highest BCUT2D eigenvalue weighted by molar-refractivity contribution is 5.73. The van der Waals surface area contributed by atoms with Crippen LogP contribution in [0.25, 0.3) is 28.3 Å². The van der Waals surface area contributed by atoms with Crippen molar-refractivity contribution >= 4 is 6.08 Å². The first-order valence-corrected chi connectivity index (χ1v) is 12.2. The van der Waals surface area contributed by atoms with E-state index in [0.717, 1.165) is 17.6 Å². The molecule has 36 heavy (non-hydrogen) atoms. The number of benzene rings is 3. The van der Waals surface area contributed by atoms with Crippen molar-refractivity contribution in [1.29, 1.82) is 0 Å². The maximum Gasteiger partial charge on any atom is -0.00625 e. The van der Waals surface area contributed by atoms with Gasteiger partial charge in [0.2, 0.25) is 0 Å². The van der Waals surface area contributed by atoms with Crippen LogP contribution in [0, 0.1) is 6.92 Å². The molecular weight excluding hydrogens is 434 g/mol. The van der Waals surface area contributed by atoms with Crippen LogP contribution in [0.2, 0.25) is 0 Å². The van der Waals surface area contributed by atoms with Gasteiger partial charge in [-0.2, -0.15) is 0 Å². The smallest absolute Gasteiger partial charge is 0.00625 e. The Hall–Kier alpha value is -4.36. The van der Waals surface area contributed by atoms with Gasteiger partial charge in [-0.25, -0.2) is 0 Å². The summed E-state index contributed by atoms with van der Waals surface area (Å²) in [6.07, 6.45) is 18.6. The normalized spacial score (nSPS) is 12.3. The zero-order valence-electron chi connectivity index (χ0n) is 21.3. The summed E-state index contributed by atoms with van der Waals surface area (Å²) in [6, 6.07) is 25.8. The molecule has 3 aromatic carbocycles. The van der Waals surface area contributed by atoms with E-state index >= 15 is 0 Å². The minimum atomic E-state index is 0.839. The third-order valence-corrected chi connectivity index (χ3v) is 6.06. The largest absolute Gasteiger partial charge is 0.405 e. The molecule has 0 unspecified atom stereocenters. The van der Waals surface area contributed by atoms with Gasteiger partial charge >= 0.3 is 0 Å². The first-order chi connectivity index (χ1) is 17.5. The second kappa shape index (κ2) is 13.5. The summed E-state index contributed by atoms with van der Waals surface area (Å²) >= 11 is 0. The van der Waals surface area contributed by atoms with Crippen LogP contribution >= 0.6 is 0 Å². The molecule has 0 spiro atoms. The molecule has 180 valence electrons. The fraction of sp³-hybridized carbons (Fsp3) is 0.0857. The molecule has 1 heteroatoms. The van der Waals surface area contributed by atoms with Gasteiger partial charge in [0.1, 0.15) is 0 Å². The Morgan fingerprint density at radius 1 is 0.750 bits per heavy atom. The second-order valence-corrected chi connectivity index (χ2v) is 8.61. The molecule has 2 N–H and O–H groups in total. The molecule has 3 rings (SSSR count). The van der Waals surface area contributed by atoms with Gasteiger partial charge in [-0.1, -0.05) is 122 Å². The van der Waals surface area contributed by atoms with Crippen molar-refractivity contribution in [1.82, 2.24) is 0 Å². The van der Waals surface area contributed by atoms with Gasteiger partial charge in [0.05, 0.1) is 0 Å². The highest BCUT2D eigenvalue weighted by atomic mass is 14.5. The van der Waals surface area contributed by atoms with Gasteiger partial charge in [-0.3, -0.25) is 0 Å². The van der Waals surface area contributed by atoms with Crippen LogP contribution in [0.4, 0.5) is 0 Å². The molecule has 0 amide bonds. The van der Waals surface area contributed by atoms with Gasteiger partial charge in [-0.05, 0) is 88.7 Å². The highest BCUT2D eigenvalue weighted by Gasteiger charge is 2.03. The van der Waals surface area contributed by atoms with Gasteiger partial charge < -0.3 is 5.73 Å². The standard InChI is InChI=1S/C35H35N/c1-5-30(12-8-7-11-25-36)18-15-27(2)28(3)16-19-34-26-35(20-17-29(34)4)33-23-21-32(22-24-33)31-13-9-6-10-14-31/h5-11,13-26H,2-3,12,36H2,1,4H3/b8-7-,18-15-,19-16-,25-11-,30-5-. The predicted molar refractivity (Wildman–Crippen MR) is 159 cm³/mol. The zero-order valence-corrected chi connectivity index (χ0v) is 21.3. The second-order valence-electron chi connectivity index (χ2n) is 8.61. The molecule has 0 aliphatic carbocycles. The average molecular weight is 470 g/mol. The topological polar surface area (TPSA) is 26.0 Å². The van der Waals surface area contributed by atoms with E-state index in [1.807, 2.05) is 37.3 Å². The van der Waals surface area contributed by atoms with Crippen molar-refractivity contribution in [3.63, 3.8) is 0 Å². The minimum absolute atomic E-state index is 0.839. The van der Waals surface area contributed by atoms with Crippen molar-refractivity contribution in [2.45, 2.75) is 20.3 Å². The van der Waals surface area contributed by atoms with Gasteiger partial charge in [0.25, 0.3) is 0 Å². The lowest BCUT2D eigenvalue weighted by atomic mass is 9.96. The number of hydrogen-bond acceptors (Lipinski definition) is 1. The molecule has 0 aromatic heterocycles. The van der Waals surface area contributed by atoms with Crippen LogP contribution in [0.15, 0.2) is 151 Å². The summed E-state index contributed by atoms with van der Waals surface area (Å²) in [5.74, 6) is 0. The number of rotatable bonds is 10. The molecule has 0 saturated carbocycles. The fourth-order valence-corrected chi connectivity index (χ4v) is 3.73. The Morgan fingerprint density at radius 2 is 1.36 bits per heavy atom. The van der Waals surface area contributed by atoms with Crippen molar-refractivity contribution in [2.24, 2.45) is 5.73 Å². The van der Waals surface area contributed by atoms with E-state index in [4.69, 9.17) is 5.73 Å². The fourth-order valence-electron chi connectivity index (χ4n) is 3.73. The van der Waals surface area contributed by atoms with Crippen LogP contribution in [0.1, 0.15) is 24.5 Å². The molecule has 0 saturated heterocycles. The molecule has 0 bridgehead atoms. The van der Waals surface area contributed by atoms with Crippen LogP contribution in [-0.4, -0.2) is 0 Å². The molecule has 0 radical (unpaired) electrons. The predicted octanol–water partition coefficient (Wildman–Crippen LogP) is 9.38. The Labute approximate surface area is 216 Å². The number of nitrogens with two attached hydrogens (primary N) is 1. The van der Waals surface area contributed by atoms with Crippen molar-refractivity contribution in [3.8, 4) is 22.3 Å². The van der Waals surface area contributed by atoms with E-state index < -0.39 is 0 Å². The van der Waals surface area contributed by atoms with E-state index in [-0.39, 0.29) is 0 Å². The van der Waals surface area contributed by atoms with Gasteiger partial charge in [0, 0.05) is 0 Å². The van der Waals surface area contributed by atoms with E-state index in [2.05, 4.69) is 111 Å². The molecule has 3 aromatic rings. The first kappa shape index (κ1) is 26.2. The highest BCUT2D eigenvalue weighted by Crippen LogP contribution is 2.27. The van der Waals surface area contributed by atoms with E-state index in [1.165, 1.54) is 45.2 Å². The summed E-state index contributed by atoms with van der Waals surface area (Å²) in [4.78, 5) is 0.